The lowest BCUT2D eigenvalue weighted by molar-refractivity contribution is -0.113. The van der Waals surface area contributed by atoms with Crippen LogP contribution in [0.3, 0.4) is 0 Å². The number of hydrogen-bond donors (Lipinski definition) is 1. The number of anilines is 1. The summed E-state index contributed by atoms with van der Waals surface area (Å²) < 4.78 is 6.06. The molecule has 0 atom stereocenters. The van der Waals surface area contributed by atoms with Gasteiger partial charge in [0, 0.05) is 16.6 Å². The predicted octanol–water partition coefficient (Wildman–Crippen LogP) is 4.86. The summed E-state index contributed by atoms with van der Waals surface area (Å²) in [5.41, 5.74) is 3.80. The monoisotopic (exact) mass is 370 g/mol. The molecule has 1 heterocycles. The van der Waals surface area contributed by atoms with Gasteiger partial charge < -0.3 is 10.1 Å². The van der Waals surface area contributed by atoms with Crippen LogP contribution in [0.15, 0.2) is 58.3 Å². The van der Waals surface area contributed by atoms with Crippen molar-refractivity contribution in [2.45, 2.75) is 11.3 Å². The van der Waals surface area contributed by atoms with Gasteiger partial charge in [-0.2, -0.15) is 0 Å². The van der Waals surface area contributed by atoms with Crippen molar-refractivity contribution in [2.24, 2.45) is 0 Å². The van der Waals surface area contributed by atoms with Gasteiger partial charge in [-0.05, 0) is 30.7 Å². The molecule has 0 bridgehead atoms. The van der Waals surface area contributed by atoms with Crippen LogP contribution in [0.2, 0.25) is 0 Å². The average molecular weight is 370 g/mol. The molecular weight excluding hydrogens is 352 g/mol. The van der Waals surface area contributed by atoms with E-state index in [2.05, 4.69) is 10.3 Å². The second-order valence-electron chi connectivity index (χ2n) is 5.38. The number of nitrogens with zero attached hydrogens (tertiary/aromatic N) is 1. The zero-order valence-corrected chi connectivity index (χ0v) is 15.6. The number of thiazole rings is 1. The van der Waals surface area contributed by atoms with Gasteiger partial charge in [0.2, 0.25) is 5.91 Å². The Hall–Kier alpha value is -2.31. The fourth-order valence-electron chi connectivity index (χ4n) is 2.28. The molecule has 1 aromatic heterocycles. The van der Waals surface area contributed by atoms with Crippen LogP contribution in [0.25, 0.3) is 11.3 Å². The Bertz CT molecular complexity index is 863. The summed E-state index contributed by atoms with van der Waals surface area (Å²) >= 11 is 3.00. The molecule has 6 heteroatoms. The van der Waals surface area contributed by atoms with Crippen molar-refractivity contribution in [3.8, 4) is 17.0 Å². The molecule has 0 fully saturated rings. The van der Waals surface area contributed by atoms with Crippen LogP contribution in [-0.4, -0.2) is 23.8 Å². The second kappa shape index (κ2) is 8.18. The number of aromatic nitrogens is 1. The number of hydrogen-bond acceptors (Lipinski definition) is 5. The Morgan fingerprint density at radius 2 is 2.04 bits per heavy atom. The van der Waals surface area contributed by atoms with Gasteiger partial charge >= 0.3 is 0 Å². The molecule has 2 aromatic carbocycles. The third-order valence-corrected chi connectivity index (χ3v) is 5.61. The van der Waals surface area contributed by atoms with Gasteiger partial charge in [-0.15, -0.1) is 11.3 Å². The number of nitrogens with one attached hydrogen (secondary N) is 1. The number of amides is 1. The Morgan fingerprint density at radius 1 is 1.24 bits per heavy atom. The van der Waals surface area contributed by atoms with Crippen molar-refractivity contribution in [1.29, 1.82) is 0 Å². The van der Waals surface area contributed by atoms with Gasteiger partial charge in [0.05, 0.1) is 18.6 Å². The van der Waals surface area contributed by atoms with E-state index in [1.54, 1.807) is 18.4 Å². The van der Waals surface area contributed by atoms with Gasteiger partial charge in [0.25, 0.3) is 0 Å². The maximum Gasteiger partial charge on any atom is 0.234 e. The summed E-state index contributed by atoms with van der Waals surface area (Å²) in [6, 6.07) is 15.6. The fraction of sp³-hybridized carbons (Fsp3) is 0.158. The summed E-state index contributed by atoms with van der Waals surface area (Å²) in [5.74, 6) is 1.06. The van der Waals surface area contributed by atoms with Crippen molar-refractivity contribution < 1.29 is 9.53 Å². The third kappa shape index (κ3) is 4.61. The fourth-order valence-corrected chi connectivity index (χ4v) is 3.92. The van der Waals surface area contributed by atoms with Gasteiger partial charge in [-0.3, -0.25) is 4.79 Å². The maximum atomic E-state index is 12.2. The van der Waals surface area contributed by atoms with Crippen LogP contribution >= 0.6 is 23.1 Å². The number of thioether (sulfide) groups is 1. The zero-order chi connectivity index (χ0) is 17.6. The lowest BCUT2D eigenvalue weighted by Gasteiger charge is -2.09. The van der Waals surface area contributed by atoms with E-state index >= 15 is 0 Å². The highest BCUT2D eigenvalue weighted by atomic mass is 32.2. The Kier molecular flexibility index (Phi) is 5.73. The molecule has 0 radical (unpaired) electrons. The first-order chi connectivity index (χ1) is 12.2. The standard InChI is InChI=1S/C19H18N2O2S2/c1-13-10-15(23-2)8-9-16(13)20-18(22)12-25-19-21-17(11-24-19)14-6-4-3-5-7-14/h3-11H,12H2,1-2H3,(H,20,22). The normalized spacial score (nSPS) is 10.5. The van der Waals surface area contributed by atoms with Crippen molar-refractivity contribution >= 4 is 34.7 Å². The highest BCUT2D eigenvalue weighted by Crippen LogP contribution is 2.28. The molecule has 0 saturated carbocycles. The number of rotatable bonds is 6. The van der Waals surface area contributed by atoms with E-state index in [1.165, 1.54) is 11.8 Å². The zero-order valence-electron chi connectivity index (χ0n) is 14.0. The smallest absolute Gasteiger partial charge is 0.234 e. The number of methoxy groups -OCH3 is 1. The first-order valence-corrected chi connectivity index (χ1v) is 9.60. The molecule has 3 rings (SSSR count). The lowest BCUT2D eigenvalue weighted by Crippen LogP contribution is -2.14. The molecule has 0 unspecified atom stereocenters. The first kappa shape index (κ1) is 17.5. The van der Waals surface area contributed by atoms with Crippen LogP contribution < -0.4 is 10.1 Å². The quantitative estimate of drug-likeness (QED) is 0.630. The summed E-state index contributed by atoms with van der Waals surface area (Å²) in [6.45, 7) is 1.94. The first-order valence-electron chi connectivity index (χ1n) is 7.74. The molecule has 0 aliphatic rings. The number of benzene rings is 2. The van der Waals surface area contributed by atoms with E-state index in [0.29, 0.717) is 5.75 Å². The molecule has 3 aromatic rings. The van der Waals surface area contributed by atoms with E-state index < -0.39 is 0 Å². The minimum Gasteiger partial charge on any atom is -0.497 e. The molecule has 25 heavy (non-hydrogen) atoms. The Balaban J connectivity index is 1.57. The lowest BCUT2D eigenvalue weighted by atomic mass is 10.2. The summed E-state index contributed by atoms with van der Waals surface area (Å²) in [5, 5.41) is 4.95. The predicted molar refractivity (Wildman–Crippen MR) is 105 cm³/mol. The van der Waals surface area contributed by atoms with Crippen LogP contribution in [0.5, 0.6) is 5.75 Å². The molecular formula is C19H18N2O2S2. The van der Waals surface area contributed by atoms with Crippen LogP contribution in [-0.2, 0) is 4.79 Å². The van der Waals surface area contributed by atoms with E-state index in [9.17, 15) is 4.79 Å². The van der Waals surface area contributed by atoms with E-state index in [-0.39, 0.29) is 5.91 Å². The van der Waals surface area contributed by atoms with Gasteiger partial charge in [0.1, 0.15) is 5.75 Å². The Morgan fingerprint density at radius 3 is 2.76 bits per heavy atom. The van der Waals surface area contributed by atoms with Gasteiger partial charge in [0.15, 0.2) is 4.34 Å². The minimum absolute atomic E-state index is 0.0465. The number of ether oxygens (including phenoxy) is 1. The molecule has 0 saturated heterocycles. The molecule has 4 nitrogen and oxygen atoms in total. The van der Waals surface area contributed by atoms with E-state index in [4.69, 9.17) is 4.74 Å². The largest absolute Gasteiger partial charge is 0.497 e. The van der Waals surface area contributed by atoms with Crippen LogP contribution in [0.4, 0.5) is 5.69 Å². The van der Waals surface area contributed by atoms with Crippen LogP contribution in [0, 0.1) is 6.92 Å². The molecule has 0 aliphatic carbocycles. The topological polar surface area (TPSA) is 51.2 Å². The molecule has 128 valence electrons. The maximum absolute atomic E-state index is 12.2. The molecule has 1 N–H and O–H groups in total. The number of carbonyl (C=O) groups excluding carboxylic acids is 1. The SMILES string of the molecule is COc1ccc(NC(=O)CSc2nc(-c3ccccc3)cs2)c(C)c1. The van der Waals surface area contributed by atoms with E-state index in [0.717, 1.165) is 32.6 Å². The van der Waals surface area contributed by atoms with Crippen molar-refractivity contribution in [2.75, 3.05) is 18.2 Å². The summed E-state index contributed by atoms with van der Waals surface area (Å²) in [7, 11) is 1.63. The van der Waals surface area contributed by atoms with Gasteiger partial charge in [-0.1, -0.05) is 42.1 Å². The Labute approximate surface area is 155 Å². The highest BCUT2D eigenvalue weighted by molar-refractivity contribution is 8.01. The van der Waals surface area contributed by atoms with Crippen LogP contribution in [0.1, 0.15) is 5.56 Å². The third-order valence-electron chi connectivity index (χ3n) is 3.59. The second-order valence-corrected chi connectivity index (χ2v) is 7.46. The van der Waals surface area contributed by atoms with Crippen molar-refractivity contribution in [3.05, 3.63) is 59.5 Å². The molecule has 0 aliphatic heterocycles. The van der Waals surface area contributed by atoms with E-state index in [1.807, 2.05) is 60.8 Å². The summed E-state index contributed by atoms with van der Waals surface area (Å²) in [4.78, 5) is 16.8. The molecule has 0 spiro atoms. The summed E-state index contributed by atoms with van der Waals surface area (Å²) in [6.07, 6.45) is 0. The average Bonchev–Trinajstić information content (AvgIpc) is 3.11. The number of aryl methyl sites for hydroxylation is 1. The van der Waals surface area contributed by atoms with Crippen molar-refractivity contribution in [1.82, 2.24) is 4.98 Å². The van der Waals surface area contributed by atoms with Gasteiger partial charge in [-0.25, -0.2) is 4.98 Å². The highest BCUT2D eigenvalue weighted by Gasteiger charge is 2.09. The van der Waals surface area contributed by atoms with Crippen molar-refractivity contribution in [3.63, 3.8) is 0 Å². The minimum atomic E-state index is -0.0465. The molecule has 1 amide bonds. The number of carbonyl (C=O) groups is 1.